The number of aromatic carboxylic acids is 2. The summed E-state index contributed by atoms with van der Waals surface area (Å²) in [6.07, 6.45) is 0. The Hall–Kier alpha value is -1.36. The van der Waals surface area contributed by atoms with E-state index in [-0.39, 0.29) is 4.47 Å². The Kier molecular flexibility index (Phi) is 2.67. The van der Waals surface area contributed by atoms with Gasteiger partial charge in [0.25, 0.3) is 0 Å². The SMILES string of the molecule is O=C([O-])c1cccc(Br)c1C(=O)[O-]. The molecule has 0 saturated heterocycles. The van der Waals surface area contributed by atoms with Gasteiger partial charge in [0.2, 0.25) is 0 Å². The number of hydrogen-bond acceptors (Lipinski definition) is 4. The topological polar surface area (TPSA) is 80.3 Å². The summed E-state index contributed by atoms with van der Waals surface area (Å²) in [6.45, 7) is 0. The Morgan fingerprint density at radius 3 is 2.15 bits per heavy atom. The van der Waals surface area contributed by atoms with E-state index >= 15 is 0 Å². The number of halogens is 1. The van der Waals surface area contributed by atoms with Gasteiger partial charge >= 0.3 is 0 Å². The first-order valence-corrected chi connectivity index (χ1v) is 4.04. The molecular formula is C8H3BrO4-2. The third-order valence-electron chi connectivity index (χ3n) is 1.44. The number of carboxylic acid groups (broad SMARTS) is 2. The normalized spacial score (nSPS) is 9.62. The Bertz CT molecular complexity index is 372. The number of carbonyl (C=O) groups is 2. The average molecular weight is 243 g/mol. The molecule has 68 valence electrons. The van der Waals surface area contributed by atoms with Crippen molar-refractivity contribution in [3.8, 4) is 0 Å². The molecule has 0 unspecified atom stereocenters. The van der Waals surface area contributed by atoms with Crippen LogP contribution < -0.4 is 10.2 Å². The molecule has 13 heavy (non-hydrogen) atoms. The molecule has 1 aromatic carbocycles. The second-order valence-corrected chi connectivity index (χ2v) is 3.09. The van der Waals surface area contributed by atoms with Crippen LogP contribution in [0.2, 0.25) is 0 Å². The fourth-order valence-corrected chi connectivity index (χ4v) is 1.43. The number of hydrogen-bond donors (Lipinski definition) is 0. The van der Waals surface area contributed by atoms with Gasteiger partial charge in [0, 0.05) is 15.6 Å². The lowest BCUT2D eigenvalue weighted by molar-refractivity contribution is -0.259. The second kappa shape index (κ2) is 3.57. The van der Waals surface area contributed by atoms with Gasteiger partial charge in [-0.1, -0.05) is 28.1 Å². The number of benzene rings is 1. The standard InChI is InChI=1S/C8H5BrO4/c9-5-3-1-2-4(7(10)11)6(5)8(12)13/h1-3H,(H,10,11)(H,12,13)/p-2. The first-order chi connectivity index (χ1) is 6.04. The lowest BCUT2D eigenvalue weighted by Gasteiger charge is -2.12. The predicted molar refractivity (Wildman–Crippen MR) is 42.8 cm³/mol. The highest BCUT2D eigenvalue weighted by molar-refractivity contribution is 9.10. The van der Waals surface area contributed by atoms with E-state index in [4.69, 9.17) is 0 Å². The van der Waals surface area contributed by atoms with Gasteiger partial charge < -0.3 is 19.8 Å². The van der Waals surface area contributed by atoms with E-state index in [2.05, 4.69) is 15.9 Å². The molecule has 0 heterocycles. The van der Waals surface area contributed by atoms with Gasteiger partial charge in [-0.3, -0.25) is 0 Å². The highest BCUT2D eigenvalue weighted by Crippen LogP contribution is 2.19. The van der Waals surface area contributed by atoms with Gasteiger partial charge in [-0.05, 0) is 6.07 Å². The third kappa shape index (κ3) is 1.86. The summed E-state index contributed by atoms with van der Waals surface area (Å²) in [6, 6.07) is 3.96. The van der Waals surface area contributed by atoms with E-state index < -0.39 is 23.1 Å². The van der Waals surface area contributed by atoms with Crippen molar-refractivity contribution in [3.05, 3.63) is 33.8 Å². The summed E-state index contributed by atoms with van der Waals surface area (Å²) in [5.41, 5.74) is -0.795. The monoisotopic (exact) mass is 242 g/mol. The number of rotatable bonds is 2. The van der Waals surface area contributed by atoms with Crippen molar-refractivity contribution in [2.45, 2.75) is 0 Å². The van der Waals surface area contributed by atoms with Crippen molar-refractivity contribution in [1.29, 1.82) is 0 Å². The molecule has 0 aliphatic heterocycles. The minimum Gasteiger partial charge on any atom is -0.545 e. The summed E-state index contributed by atoms with van der Waals surface area (Å²) >= 11 is 2.90. The smallest absolute Gasteiger partial charge is 0.0733 e. The maximum Gasteiger partial charge on any atom is 0.0733 e. The van der Waals surface area contributed by atoms with E-state index in [1.54, 1.807) is 0 Å². The summed E-state index contributed by atoms with van der Waals surface area (Å²) < 4.78 is 0.161. The van der Waals surface area contributed by atoms with Gasteiger partial charge in [0.1, 0.15) is 0 Å². The third-order valence-corrected chi connectivity index (χ3v) is 2.10. The van der Waals surface area contributed by atoms with Gasteiger partial charge in [0.15, 0.2) is 0 Å². The first-order valence-electron chi connectivity index (χ1n) is 3.25. The van der Waals surface area contributed by atoms with Crippen LogP contribution in [0.3, 0.4) is 0 Å². The molecule has 0 amide bonds. The minimum absolute atomic E-state index is 0.161. The first kappa shape index (κ1) is 9.73. The molecule has 4 nitrogen and oxygen atoms in total. The van der Waals surface area contributed by atoms with Crippen molar-refractivity contribution in [3.63, 3.8) is 0 Å². The van der Waals surface area contributed by atoms with Crippen LogP contribution in [0.25, 0.3) is 0 Å². The van der Waals surface area contributed by atoms with Crippen LogP contribution in [0.5, 0.6) is 0 Å². The molecular weight excluding hydrogens is 240 g/mol. The van der Waals surface area contributed by atoms with Crippen molar-refractivity contribution < 1.29 is 19.8 Å². The quantitative estimate of drug-likeness (QED) is 0.679. The van der Waals surface area contributed by atoms with Crippen LogP contribution in [0.1, 0.15) is 20.7 Å². The molecule has 0 aliphatic carbocycles. The lowest BCUT2D eigenvalue weighted by atomic mass is 10.1. The largest absolute Gasteiger partial charge is 0.545 e. The Labute approximate surface area is 81.9 Å². The Morgan fingerprint density at radius 1 is 1.15 bits per heavy atom. The van der Waals surface area contributed by atoms with E-state index in [1.807, 2.05) is 0 Å². The molecule has 0 aromatic heterocycles. The van der Waals surface area contributed by atoms with E-state index in [0.29, 0.717) is 0 Å². The van der Waals surface area contributed by atoms with Crippen LogP contribution in [0.15, 0.2) is 22.7 Å². The summed E-state index contributed by atoms with van der Waals surface area (Å²) in [7, 11) is 0. The van der Waals surface area contributed by atoms with Crippen molar-refractivity contribution in [1.82, 2.24) is 0 Å². The highest BCUT2D eigenvalue weighted by Gasteiger charge is 2.07. The lowest BCUT2D eigenvalue weighted by Crippen LogP contribution is -2.30. The molecule has 0 atom stereocenters. The summed E-state index contributed by atoms with van der Waals surface area (Å²) in [4.78, 5) is 21.0. The van der Waals surface area contributed by atoms with E-state index in [0.717, 1.165) is 6.07 Å². The summed E-state index contributed by atoms with van der Waals surface area (Å²) in [5, 5.41) is 21.0. The van der Waals surface area contributed by atoms with Gasteiger partial charge in [-0.25, -0.2) is 0 Å². The van der Waals surface area contributed by atoms with Crippen LogP contribution in [-0.4, -0.2) is 11.9 Å². The van der Waals surface area contributed by atoms with Crippen molar-refractivity contribution in [2.75, 3.05) is 0 Å². The number of carbonyl (C=O) groups excluding carboxylic acids is 2. The van der Waals surface area contributed by atoms with E-state index in [1.165, 1.54) is 12.1 Å². The summed E-state index contributed by atoms with van der Waals surface area (Å²) in [5.74, 6) is -3.09. The average Bonchev–Trinajstić information content (AvgIpc) is 2.02. The Morgan fingerprint density at radius 2 is 1.77 bits per heavy atom. The van der Waals surface area contributed by atoms with Gasteiger partial charge in [-0.2, -0.15) is 0 Å². The van der Waals surface area contributed by atoms with Gasteiger partial charge in [-0.15, -0.1) is 0 Å². The molecule has 1 rings (SSSR count). The molecule has 0 fully saturated rings. The molecule has 0 spiro atoms. The molecule has 0 bridgehead atoms. The molecule has 0 N–H and O–H groups in total. The van der Waals surface area contributed by atoms with E-state index in [9.17, 15) is 19.8 Å². The van der Waals surface area contributed by atoms with Crippen LogP contribution in [-0.2, 0) is 0 Å². The zero-order valence-electron chi connectivity index (χ0n) is 6.24. The molecule has 1 aromatic rings. The van der Waals surface area contributed by atoms with Crippen molar-refractivity contribution in [2.24, 2.45) is 0 Å². The molecule has 0 saturated carbocycles. The van der Waals surface area contributed by atoms with Crippen LogP contribution in [0, 0.1) is 0 Å². The fourth-order valence-electron chi connectivity index (χ4n) is 0.902. The molecule has 0 radical (unpaired) electrons. The number of carboxylic acids is 2. The fraction of sp³-hybridized carbons (Fsp3) is 0. The molecule has 5 heteroatoms. The zero-order chi connectivity index (χ0) is 10.0. The Balaban J connectivity index is 3.43. The van der Waals surface area contributed by atoms with Crippen LogP contribution >= 0.6 is 15.9 Å². The predicted octanol–water partition coefficient (Wildman–Crippen LogP) is -0.824. The molecule has 0 aliphatic rings. The van der Waals surface area contributed by atoms with Crippen molar-refractivity contribution >= 4 is 27.9 Å². The van der Waals surface area contributed by atoms with Gasteiger partial charge in [0.05, 0.1) is 11.9 Å². The second-order valence-electron chi connectivity index (χ2n) is 2.24. The minimum atomic E-state index is -1.55. The highest BCUT2D eigenvalue weighted by atomic mass is 79.9. The maximum atomic E-state index is 10.5. The zero-order valence-corrected chi connectivity index (χ0v) is 7.83. The maximum absolute atomic E-state index is 10.5. The van der Waals surface area contributed by atoms with Crippen LogP contribution in [0.4, 0.5) is 0 Å².